The Kier molecular flexibility index (Phi) is 3.43. The van der Waals surface area contributed by atoms with Crippen molar-refractivity contribution in [2.75, 3.05) is 0 Å². The lowest BCUT2D eigenvalue weighted by molar-refractivity contribution is -0.148. The van der Waals surface area contributed by atoms with E-state index in [1.54, 1.807) is 5.57 Å². The summed E-state index contributed by atoms with van der Waals surface area (Å²) in [4.78, 5) is 11.6. The molecule has 0 N–H and O–H groups in total. The highest BCUT2D eigenvalue weighted by Gasteiger charge is 2.61. The van der Waals surface area contributed by atoms with Gasteiger partial charge in [-0.05, 0) is 81.0 Å². The Hall–Kier alpha value is -0.790. The van der Waals surface area contributed by atoms with Crippen molar-refractivity contribution < 1.29 is 9.53 Å². The van der Waals surface area contributed by atoms with E-state index in [0.29, 0.717) is 11.8 Å². The molecule has 0 amide bonds. The van der Waals surface area contributed by atoms with Crippen molar-refractivity contribution in [3.8, 4) is 0 Å². The first-order valence-electron chi connectivity index (χ1n) is 9.41. The van der Waals surface area contributed by atoms with Crippen LogP contribution in [0, 0.1) is 29.1 Å². The standard InChI is InChI=1S/C20H30O2/c1-4-19(21)22-14-9-15-13-8-18(16(15)10-14)20(3,11-13)17-7-5-6-12(17)2/h13-16,18H,4-11H2,1-3H3. The first-order valence-corrected chi connectivity index (χ1v) is 9.41. The van der Waals surface area contributed by atoms with Crippen LogP contribution in [0.25, 0.3) is 0 Å². The van der Waals surface area contributed by atoms with Gasteiger partial charge in [-0.3, -0.25) is 4.79 Å². The molecule has 122 valence electrons. The number of carbonyl (C=O) groups excluding carboxylic acids is 1. The molecule has 4 aliphatic carbocycles. The van der Waals surface area contributed by atoms with E-state index in [0.717, 1.165) is 36.5 Å². The van der Waals surface area contributed by atoms with Gasteiger partial charge in [-0.25, -0.2) is 0 Å². The summed E-state index contributed by atoms with van der Waals surface area (Å²) in [5.41, 5.74) is 3.97. The maximum atomic E-state index is 11.6. The van der Waals surface area contributed by atoms with Crippen LogP contribution in [-0.4, -0.2) is 12.1 Å². The summed E-state index contributed by atoms with van der Waals surface area (Å²) in [7, 11) is 0. The fraction of sp³-hybridized carbons (Fsp3) is 0.850. The maximum Gasteiger partial charge on any atom is 0.305 e. The highest BCUT2D eigenvalue weighted by atomic mass is 16.5. The zero-order valence-corrected chi connectivity index (χ0v) is 14.4. The van der Waals surface area contributed by atoms with Gasteiger partial charge in [0.25, 0.3) is 0 Å². The molecular weight excluding hydrogens is 272 g/mol. The first-order chi connectivity index (χ1) is 10.5. The fourth-order valence-corrected chi connectivity index (χ4v) is 6.78. The first kappa shape index (κ1) is 14.8. The lowest BCUT2D eigenvalue weighted by Crippen LogP contribution is -2.34. The molecule has 6 unspecified atom stereocenters. The van der Waals surface area contributed by atoms with Crippen molar-refractivity contribution in [3.63, 3.8) is 0 Å². The fourth-order valence-electron chi connectivity index (χ4n) is 6.78. The van der Waals surface area contributed by atoms with Gasteiger partial charge in [0.05, 0.1) is 0 Å². The summed E-state index contributed by atoms with van der Waals surface area (Å²) in [6, 6.07) is 0. The van der Waals surface area contributed by atoms with Crippen LogP contribution in [0.3, 0.4) is 0 Å². The Bertz CT molecular complexity index is 520. The van der Waals surface area contributed by atoms with Crippen LogP contribution in [0.4, 0.5) is 0 Å². The van der Waals surface area contributed by atoms with Crippen LogP contribution >= 0.6 is 0 Å². The number of esters is 1. The van der Waals surface area contributed by atoms with E-state index < -0.39 is 0 Å². The van der Waals surface area contributed by atoms with Gasteiger partial charge in [0, 0.05) is 6.42 Å². The summed E-state index contributed by atoms with van der Waals surface area (Å²) in [5.74, 6) is 3.41. The molecule has 2 bridgehead atoms. The average molecular weight is 302 g/mol. The van der Waals surface area contributed by atoms with Crippen LogP contribution < -0.4 is 0 Å². The van der Waals surface area contributed by atoms with E-state index in [4.69, 9.17) is 4.74 Å². The topological polar surface area (TPSA) is 26.3 Å². The molecule has 2 heteroatoms. The molecule has 0 saturated heterocycles. The van der Waals surface area contributed by atoms with Crippen LogP contribution in [0.15, 0.2) is 11.1 Å². The summed E-state index contributed by atoms with van der Waals surface area (Å²) in [5, 5.41) is 0. The minimum Gasteiger partial charge on any atom is -0.462 e. The number of rotatable bonds is 3. The molecule has 2 nitrogen and oxygen atoms in total. The van der Waals surface area contributed by atoms with Gasteiger partial charge in [-0.2, -0.15) is 0 Å². The zero-order chi connectivity index (χ0) is 15.5. The zero-order valence-electron chi connectivity index (χ0n) is 14.4. The maximum absolute atomic E-state index is 11.6. The van der Waals surface area contributed by atoms with E-state index in [1.807, 2.05) is 12.5 Å². The van der Waals surface area contributed by atoms with E-state index in [1.165, 1.54) is 32.1 Å². The van der Waals surface area contributed by atoms with Crippen molar-refractivity contribution in [2.24, 2.45) is 29.1 Å². The summed E-state index contributed by atoms with van der Waals surface area (Å²) < 4.78 is 5.69. The SMILES string of the molecule is CCC(=O)OC1CC2C3CC(C2C1)C(C)(C1=C(C)CCC1)C3. The van der Waals surface area contributed by atoms with Gasteiger partial charge < -0.3 is 4.74 Å². The lowest BCUT2D eigenvalue weighted by atomic mass is 9.62. The van der Waals surface area contributed by atoms with Crippen molar-refractivity contribution >= 4 is 5.97 Å². The largest absolute Gasteiger partial charge is 0.462 e. The second kappa shape index (κ2) is 5.11. The molecule has 0 aromatic heterocycles. The van der Waals surface area contributed by atoms with Crippen LogP contribution in [0.2, 0.25) is 0 Å². The Labute approximate surface area is 134 Å². The molecule has 0 aliphatic heterocycles. The molecule has 4 rings (SSSR count). The molecule has 0 aromatic carbocycles. The highest BCUT2D eigenvalue weighted by molar-refractivity contribution is 5.69. The number of fused-ring (bicyclic) bond motifs is 5. The number of hydrogen-bond acceptors (Lipinski definition) is 2. The van der Waals surface area contributed by atoms with Crippen LogP contribution in [0.1, 0.15) is 72.1 Å². The van der Waals surface area contributed by atoms with Crippen molar-refractivity contribution in [1.29, 1.82) is 0 Å². The van der Waals surface area contributed by atoms with Gasteiger partial charge in [0.1, 0.15) is 6.10 Å². The Morgan fingerprint density at radius 3 is 2.68 bits per heavy atom. The molecular formula is C20H30O2. The van der Waals surface area contributed by atoms with E-state index in [9.17, 15) is 4.79 Å². The van der Waals surface area contributed by atoms with Gasteiger partial charge in [-0.1, -0.05) is 25.0 Å². The number of allylic oxidation sites excluding steroid dienone is 2. The van der Waals surface area contributed by atoms with Crippen molar-refractivity contribution in [3.05, 3.63) is 11.1 Å². The molecule has 0 heterocycles. The number of ether oxygens (including phenoxy) is 1. The number of carbonyl (C=O) groups is 1. The van der Waals surface area contributed by atoms with Gasteiger partial charge in [0.15, 0.2) is 0 Å². The molecule has 0 aromatic rings. The van der Waals surface area contributed by atoms with Crippen LogP contribution in [-0.2, 0) is 9.53 Å². The molecule has 4 aliphatic rings. The quantitative estimate of drug-likeness (QED) is 0.548. The van der Waals surface area contributed by atoms with Gasteiger partial charge in [0.2, 0.25) is 0 Å². The van der Waals surface area contributed by atoms with E-state index in [2.05, 4.69) is 13.8 Å². The van der Waals surface area contributed by atoms with E-state index >= 15 is 0 Å². The Morgan fingerprint density at radius 1 is 1.23 bits per heavy atom. The van der Waals surface area contributed by atoms with Gasteiger partial charge in [-0.15, -0.1) is 0 Å². The highest BCUT2D eigenvalue weighted by Crippen LogP contribution is 2.69. The van der Waals surface area contributed by atoms with Crippen LogP contribution in [0.5, 0.6) is 0 Å². The minimum atomic E-state index is -0.00516. The third kappa shape index (κ3) is 2.02. The predicted octanol–water partition coefficient (Wildman–Crippen LogP) is 4.88. The second-order valence-electron chi connectivity index (χ2n) is 8.60. The molecule has 22 heavy (non-hydrogen) atoms. The molecule has 0 radical (unpaired) electrons. The van der Waals surface area contributed by atoms with Crippen molar-refractivity contribution in [1.82, 2.24) is 0 Å². The molecule has 3 fully saturated rings. The van der Waals surface area contributed by atoms with E-state index in [-0.39, 0.29) is 12.1 Å². The van der Waals surface area contributed by atoms with Crippen molar-refractivity contribution in [2.45, 2.75) is 78.2 Å². The monoisotopic (exact) mass is 302 g/mol. The normalized spacial score (nSPS) is 46.4. The summed E-state index contributed by atoms with van der Waals surface area (Å²) >= 11 is 0. The second-order valence-corrected chi connectivity index (χ2v) is 8.60. The molecule has 6 atom stereocenters. The lowest BCUT2D eigenvalue weighted by Gasteiger charge is -2.42. The summed E-state index contributed by atoms with van der Waals surface area (Å²) in [6.07, 6.45) is 9.90. The number of hydrogen-bond donors (Lipinski definition) is 0. The smallest absolute Gasteiger partial charge is 0.305 e. The third-order valence-corrected chi connectivity index (χ3v) is 7.57. The van der Waals surface area contributed by atoms with Gasteiger partial charge >= 0.3 is 5.97 Å². The summed E-state index contributed by atoms with van der Waals surface area (Å²) in [6.45, 7) is 6.83. The molecule has 0 spiro atoms. The predicted molar refractivity (Wildman–Crippen MR) is 87.3 cm³/mol. The average Bonchev–Trinajstić information content (AvgIpc) is 3.19. The Balaban J connectivity index is 1.53. The Morgan fingerprint density at radius 2 is 2.00 bits per heavy atom. The minimum absolute atomic E-state index is 0.00516. The third-order valence-electron chi connectivity index (χ3n) is 7.57. The molecule has 3 saturated carbocycles.